The van der Waals surface area contributed by atoms with E-state index in [-0.39, 0.29) is 18.4 Å². The Kier molecular flexibility index (Phi) is 4.03. The number of esters is 1. The normalized spacial score (nSPS) is 19.9. The molecule has 4 nitrogen and oxygen atoms in total. The van der Waals surface area contributed by atoms with Gasteiger partial charge >= 0.3 is 5.97 Å². The Morgan fingerprint density at radius 3 is 3.12 bits per heavy atom. The van der Waals surface area contributed by atoms with Gasteiger partial charge in [-0.15, -0.1) is 0 Å². The van der Waals surface area contributed by atoms with Crippen molar-refractivity contribution in [3.63, 3.8) is 0 Å². The van der Waals surface area contributed by atoms with E-state index in [4.69, 9.17) is 9.47 Å². The maximum Gasteiger partial charge on any atom is 0.357 e. The number of hydrogen-bond acceptors (Lipinski definition) is 4. The predicted octanol–water partition coefficient (Wildman–Crippen LogP) is 1.95. The molecule has 1 atom stereocenters. The van der Waals surface area contributed by atoms with Crippen molar-refractivity contribution in [1.29, 1.82) is 0 Å². The van der Waals surface area contributed by atoms with Crippen molar-refractivity contribution in [2.45, 2.75) is 25.4 Å². The standard InChI is InChI=1S/C12H14FNO3/c13-11-6-3-5-10(14-11)12(15)17-8-9-4-1-2-7-16-9/h3,5-6,9H,1-2,4,7-8H2. The summed E-state index contributed by atoms with van der Waals surface area (Å²) in [6, 6.07) is 4.03. The Labute approximate surface area is 98.8 Å². The SMILES string of the molecule is O=C(OCC1CCCCO1)c1cccc(F)n1. The monoisotopic (exact) mass is 239 g/mol. The highest BCUT2D eigenvalue weighted by molar-refractivity contribution is 5.87. The zero-order chi connectivity index (χ0) is 12.1. The fourth-order valence-corrected chi connectivity index (χ4v) is 1.70. The van der Waals surface area contributed by atoms with Crippen molar-refractivity contribution in [1.82, 2.24) is 4.98 Å². The lowest BCUT2D eigenvalue weighted by molar-refractivity contribution is -0.0302. The third-order valence-corrected chi connectivity index (χ3v) is 2.60. The highest BCUT2D eigenvalue weighted by Crippen LogP contribution is 2.13. The van der Waals surface area contributed by atoms with Crippen LogP contribution in [0.4, 0.5) is 4.39 Å². The van der Waals surface area contributed by atoms with Crippen LogP contribution in [0.1, 0.15) is 29.8 Å². The molecule has 5 heteroatoms. The number of aromatic nitrogens is 1. The second-order valence-electron chi connectivity index (χ2n) is 3.93. The Hall–Kier alpha value is -1.49. The van der Waals surface area contributed by atoms with Gasteiger partial charge in [0, 0.05) is 6.61 Å². The first-order valence-corrected chi connectivity index (χ1v) is 5.67. The van der Waals surface area contributed by atoms with Gasteiger partial charge in [-0.25, -0.2) is 9.78 Å². The van der Waals surface area contributed by atoms with Crippen molar-refractivity contribution in [3.05, 3.63) is 29.8 Å². The number of carbonyl (C=O) groups is 1. The van der Waals surface area contributed by atoms with E-state index in [1.807, 2.05) is 0 Å². The van der Waals surface area contributed by atoms with Gasteiger partial charge in [0.2, 0.25) is 5.95 Å². The van der Waals surface area contributed by atoms with Crippen LogP contribution in [0.5, 0.6) is 0 Å². The molecule has 0 saturated carbocycles. The molecule has 0 radical (unpaired) electrons. The lowest BCUT2D eigenvalue weighted by atomic mass is 10.1. The molecule has 1 unspecified atom stereocenters. The molecule has 0 N–H and O–H groups in total. The van der Waals surface area contributed by atoms with Gasteiger partial charge in [-0.1, -0.05) is 6.07 Å². The molecular formula is C12H14FNO3. The summed E-state index contributed by atoms with van der Waals surface area (Å²) in [5, 5.41) is 0. The Morgan fingerprint density at radius 1 is 1.53 bits per heavy atom. The number of pyridine rings is 1. The van der Waals surface area contributed by atoms with Crippen LogP contribution in [0.15, 0.2) is 18.2 Å². The van der Waals surface area contributed by atoms with Crippen molar-refractivity contribution in [2.75, 3.05) is 13.2 Å². The summed E-state index contributed by atoms with van der Waals surface area (Å²) >= 11 is 0. The molecule has 0 spiro atoms. The number of carbonyl (C=O) groups excluding carboxylic acids is 1. The number of hydrogen-bond donors (Lipinski definition) is 0. The van der Waals surface area contributed by atoms with Crippen molar-refractivity contribution in [2.24, 2.45) is 0 Å². The van der Waals surface area contributed by atoms with Crippen LogP contribution in [0.25, 0.3) is 0 Å². The molecule has 0 aromatic carbocycles. The summed E-state index contributed by atoms with van der Waals surface area (Å²) in [6.07, 6.45) is 2.99. The molecule has 0 aliphatic carbocycles. The molecule has 1 aliphatic heterocycles. The van der Waals surface area contributed by atoms with E-state index in [2.05, 4.69) is 4.98 Å². The van der Waals surface area contributed by atoms with Crippen LogP contribution in [0.3, 0.4) is 0 Å². The largest absolute Gasteiger partial charge is 0.458 e. The molecular weight excluding hydrogens is 225 g/mol. The van der Waals surface area contributed by atoms with Crippen LogP contribution in [0.2, 0.25) is 0 Å². The third-order valence-electron chi connectivity index (χ3n) is 2.60. The highest BCUT2D eigenvalue weighted by Gasteiger charge is 2.17. The number of halogens is 1. The first-order valence-electron chi connectivity index (χ1n) is 5.67. The van der Waals surface area contributed by atoms with Gasteiger partial charge in [0.15, 0.2) is 5.69 Å². The quantitative estimate of drug-likeness (QED) is 0.597. The van der Waals surface area contributed by atoms with E-state index < -0.39 is 11.9 Å². The summed E-state index contributed by atoms with van der Waals surface area (Å²) < 4.78 is 23.2. The maximum absolute atomic E-state index is 12.8. The van der Waals surface area contributed by atoms with Gasteiger partial charge in [0.1, 0.15) is 6.61 Å². The smallest absolute Gasteiger partial charge is 0.357 e. The molecule has 2 rings (SSSR count). The zero-order valence-electron chi connectivity index (χ0n) is 9.39. The number of ether oxygens (including phenoxy) is 2. The molecule has 2 heterocycles. The van der Waals surface area contributed by atoms with Crippen molar-refractivity contribution in [3.8, 4) is 0 Å². The average Bonchev–Trinajstić information content (AvgIpc) is 2.37. The van der Waals surface area contributed by atoms with E-state index in [9.17, 15) is 9.18 Å². The second-order valence-corrected chi connectivity index (χ2v) is 3.93. The Balaban J connectivity index is 1.84. The Morgan fingerprint density at radius 2 is 2.41 bits per heavy atom. The van der Waals surface area contributed by atoms with Gasteiger partial charge in [0.25, 0.3) is 0 Å². The second kappa shape index (κ2) is 5.72. The fraction of sp³-hybridized carbons (Fsp3) is 0.500. The minimum absolute atomic E-state index is 0.0131. The highest BCUT2D eigenvalue weighted by atomic mass is 19.1. The fourth-order valence-electron chi connectivity index (χ4n) is 1.70. The van der Waals surface area contributed by atoms with E-state index >= 15 is 0 Å². The van der Waals surface area contributed by atoms with Crippen LogP contribution in [-0.2, 0) is 9.47 Å². The lowest BCUT2D eigenvalue weighted by Crippen LogP contribution is -2.26. The minimum atomic E-state index is -0.687. The van der Waals surface area contributed by atoms with Gasteiger partial charge < -0.3 is 9.47 Å². The zero-order valence-corrected chi connectivity index (χ0v) is 9.39. The molecule has 1 saturated heterocycles. The molecule has 92 valence electrons. The first-order chi connectivity index (χ1) is 8.25. The number of rotatable bonds is 3. The van der Waals surface area contributed by atoms with Crippen LogP contribution in [-0.4, -0.2) is 30.3 Å². The van der Waals surface area contributed by atoms with Gasteiger partial charge in [-0.05, 0) is 31.4 Å². The summed E-state index contributed by atoms with van der Waals surface area (Å²) in [6.45, 7) is 0.914. The molecule has 0 bridgehead atoms. The minimum Gasteiger partial charge on any atom is -0.458 e. The van der Waals surface area contributed by atoms with Gasteiger partial charge in [0.05, 0.1) is 6.10 Å². The Bertz CT molecular complexity index is 391. The van der Waals surface area contributed by atoms with E-state index in [0.717, 1.165) is 19.3 Å². The predicted molar refractivity (Wildman–Crippen MR) is 58.1 cm³/mol. The summed E-state index contributed by atoms with van der Waals surface area (Å²) in [4.78, 5) is 15.0. The van der Waals surface area contributed by atoms with Gasteiger partial charge in [-0.2, -0.15) is 4.39 Å². The van der Waals surface area contributed by atoms with E-state index in [1.165, 1.54) is 18.2 Å². The van der Waals surface area contributed by atoms with E-state index in [0.29, 0.717) is 6.61 Å². The third kappa shape index (κ3) is 3.49. The summed E-state index contributed by atoms with van der Waals surface area (Å²) in [5.74, 6) is -1.30. The van der Waals surface area contributed by atoms with Crippen LogP contribution >= 0.6 is 0 Å². The molecule has 17 heavy (non-hydrogen) atoms. The van der Waals surface area contributed by atoms with Crippen molar-refractivity contribution >= 4 is 5.97 Å². The first kappa shape index (κ1) is 12.0. The van der Waals surface area contributed by atoms with Crippen molar-refractivity contribution < 1.29 is 18.7 Å². The van der Waals surface area contributed by atoms with E-state index in [1.54, 1.807) is 0 Å². The summed E-state index contributed by atoms with van der Waals surface area (Å²) in [7, 11) is 0. The summed E-state index contributed by atoms with van der Waals surface area (Å²) in [5.41, 5.74) is -0.0131. The maximum atomic E-state index is 12.8. The lowest BCUT2D eigenvalue weighted by Gasteiger charge is -2.21. The number of nitrogens with zero attached hydrogens (tertiary/aromatic N) is 1. The van der Waals surface area contributed by atoms with Crippen LogP contribution < -0.4 is 0 Å². The van der Waals surface area contributed by atoms with Crippen LogP contribution in [0, 0.1) is 5.95 Å². The molecule has 1 aromatic heterocycles. The molecule has 1 fully saturated rings. The van der Waals surface area contributed by atoms with Gasteiger partial charge in [-0.3, -0.25) is 0 Å². The molecule has 1 aromatic rings. The molecule has 0 amide bonds. The topological polar surface area (TPSA) is 48.4 Å². The average molecular weight is 239 g/mol. The molecule has 1 aliphatic rings.